The Morgan fingerprint density at radius 1 is 0.739 bits per heavy atom. The Labute approximate surface area is 141 Å². The van der Waals surface area contributed by atoms with E-state index in [1.165, 1.54) is 0 Å². The van der Waals surface area contributed by atoms with Crippen LogP contribution in [0.4, 0.5) is 0 Å². The van der Waals surface area contributed by atoms with Gasteiger partial charge >= 0.3 is 0 Å². The summed E-state index contributed by atoms with van der Waals surface area (Å²) < 4.78 is 12.3. The van der Waals surface area contributed by atoms with Crippen LogP contribution < -0.4 is 0 Å². The highest BCUT2D eigenvalue weighted by atomic mass is 16.5. The molecule has 4 heteroatoms. The maximum Gasteiger partial charge on any atom is 0.193 e. The SMILES string of the molecule is CCC1N=C(CC2=NC(CC)C(C(C)(C)C)O2)OC1C(C)(C)C. The quantitative estimate of drug-likeness (QED) is 0.758. The Hall–Kier alpha value is -1.06. The van der Waals surface area contributed by atoms with Gasteiger partial charge in [-0.05, 0) is 12.8 Å². The minimum Gasteiger partial charge on any atom is -0.474 e. The van der Waals surface area contributed by atoms with Crippen LogP contribution in [-0.4, -0.2) is 36.1 Å². The molecule has 132 valence electrons. The molecule has 4 atom stereocenters. The van der Waals surface area contributed by atoms with Crippen molar-refractivity contribution in [3.05, 3.63) is 0 Å². The predicted molar refractivity (Wildman–Crippen MR) is 96.3 cm³/mol. The standard InChI is InChI=1S/C19H34N2O2/c1-9-12-16(18(3,4)5)22-14(20-12)11-15-21-13(10-2)17(23-15)19(6,7)8/h12-13,16-17H,9-11H2,1-8H3. The summed E-state index contributed by atoms with van der Waals surface area (Å²) in [6.45, 7) is 17.6. The summed E-state index contributed by atoms with van der Waals surface area (Å²) in [6.07, 6.45) is 2.88. The molecule has 2 heterocycles. The lowest BCUT2D eigenvalue weighted by molar-refractivity contribution is 0.0678. The molecule has 2 aliphatic rings. The summed E-state index contributed by atoms with van der Waals surface area (Å²) in [4.78, 5) is 9.58. The smallest absolute Gasteiger partial charge is 0.193 e. The van der Waals surface area contributed by atoms with Gasteiger partial charge in [0, 0.05) is 10.8 Å². The van der Waals surface area contributed by atoms with Crippen LogP contribution in [0.1, 0.15) is 74.7 Å². The molecule has 0 amide bonds. The summed E-state index contributed by atoms with van der Waals surface area (Å²) in [7, 11) is 0. The largest absolute Gasteiger partial charge is 0.474 e. The van der Waals surface area contributed by atoms with Crippen LogP contribution in [0.3, 0.4) is 0 Å². The van der Waals surface area contributed by atoms with Crippen molar-refractivity contribution in [1.29, 1.82) is 0 Å². The third-order valence-corrected chi connectivity index (χ3v) is 4.69. The molecule has 0 saturated heterocycles. The first-order valence-corrected chi connectivity index (χ1v) is 9.03. The van der Waals surface area contributed by atoms with Gasteiger partial charge in [-0.1, -0.05) is 55.4 Å². The Morgan fingerprint density at radius 3 is 1.30 bits per heavy atom. The Kier molecular flexibility index (Phi) is 5.12. The first-order chi connectivity index (χ1) is 10.6. The van der Waals surface area contributed by atoms with Gasteiger partial charge in [-0.2, -0.15) is 0 Å². The second kappa shape index (κ2) is 6.45. The summed E-state index contributed by atoms with van der Waals surface area (Å²) in [5.41, 5.74) is 0.175. The highest BCUT2D eigenvalue weighted by Crippen LogP contribution is 2.35. The molecule has 0 aromatic carbocycles. The van der Waals surface area contributed by atoms with Crippen LogP contribution in [0.15, 0.2) is 9.98 Å². The minimum atomic E-state index is 0.0875. The van der Waals surface area contributed by atoms with Crippen molar-refractivity contribution in [3.8, 4) is 0 Å². The van der Waals surface area contributed by atoms with Gasteiger partial charge in [0.15, 0.2) is 11.8 Å². The topological polar surface area (TPSA) is 43.2 Å². The van der Waals surface area contributed by atoms with Gasteiger partial charge in [0.25, 0.3) is 0 Å². The molecule has 2 rings (SSSR count). The fraction of sp³-hybridized carbons (Fsp3) is 0.895. The molecule has 0 saturated carbocycles. The van der Waals surface area contributed by atoms with Crippen LogP contribution in [0, 0.1) is 10.8 Å². The Morgan fingerprint density at radius 2 is 1.09 bits per heavy atom. The molecule has 0 N–H and O–H groups in total. The van der Waals surface area contributed by atoms with Crippen molar-refractivity contribution in [3.63, 3.8) is 0 Å². The average molecular weight is 322 g/mol. The van der Waals surface area contributed by atoms with E-state index < -0.39 is 0 Å². The van der Waals surface area contributed by atoms with Gasteiger partial charge in [0.05, 0.1) is 18.5 Å². The van der Waals surface area contributed by atoms with Crippen molar-refractivity contribution in [2.45, 2.75) is 98.9 Å². The van der Waals surface area contributed by atoms with E-state index in [0.29, 0.717) is 6.42 Å². The van der Waals surface area contributed by atoms with E-state index >= 15 is 0 Å². The third-order valence-electron chi connectivity index (χ3n) is 4.69. The van der Waals surface area contributed by atoms with Gasteiger partial charge in [0.1, 0.15) is 12.2 Å². The highest BCUT2D eigenvalue weighted by Gasteiger charge is 2.42. The molecule has 0 aliphatic carbocycles. The molecule has 0 bridgehead atoms. The zero-order valence-corrected chi connectivity index (χ0v) is 16.1. The molecule has 0 aromatic heterocycles. The second-order valence-electron chi connectivity index (χ2n) is 8.98. The molecule has 0 radical (unpaired) electrons. The zero-order chi connectivity index (χ0) is 17.4. The number of ether oxygens (including phenoxy) is 2. The van der Waals surface area contributed by atoms with Gasteiger partial charge in [0.2, 0.25) is 0 Å². The number of aliphatic imine (C=N–C) groups is 2. The van der Waals surface area contributed by atoms with Crippen LogP contribution in [0.5, 0.6) is 0 Å². The Balaban J connectivity index is 2.06. The highest BCUT2D eigenvalue weighted by molar-refractivity contribution is 5.98. The third kappa shape index (κ3) is 4.07. The first-order valence-electron chi connectivity index (χ1n) is 9.03. The normalized spacial score (nSPS) is 31.5. The average Bonchev–Trinajstić information content (AvgIpc) is 3.01. The number of hydrogen-bond donors (Lipinski definition) is 0. The van der Waals surface area contributed by atoms with Crippen molar-refractivity contribution < 1.29 is 9.47 Å². The van der Waals surface area contributed by atoms with Gasteiger partial charge in [-0.25, -0.2) is 9.98 Å². The fourth-order valence-corrected chi connectivity index (χ4v) is 3.44. The van der Waals surface area contributed by atoms with Crippen LogP contribution >= 0.6 is 0 Å². The van der Waals surface area contributed by atoms with Crippen molar-refractivity contribution in [2.24, 2.45) is 20.8 Å². The molecular formula is C19H34N2O2. The summed E-state index contributed by atoms with van der Waals surface area (Å²) >= 11 is 0. The van der Waals surface area contributed by atoms with E-state index in [2.05, 4.69) is 55.4 Å². The van der Waals surface area contributed by atoms with E-state index in [-0.39, 0.29) is 35.1 Å². The van der Waals surface area contributed by atoms with Gasteiger partial charge < -0.3 is 9.47 Å². The molecule has 0 aromatic rings. The predicted octanol–water partition coefficient (Wildman–Crippen LogP) is 4.62. The molecule has 23 heavy (non-hydrogen) atoms. The van der Waals surface area contributed by atoms with Crippen molar-refractivity contribution in [2.75, 3.05) is 0 Å². The minimum absolute atomic E-state index is 0.0875. The van der Waals surface area contributed by atoms with Gasteiger partial charge in [-0.15, -0.1) is 0 Å². The molecule has 4 unspecified atom stereocenters. The maximum atomic E-state index is 6.17. The number of hydrogen-bond acceptors (Lipinski definition) is 4. The van der Waals surface area contributed by atoms with E-state index in [9.17, 15) is 0 Å². The lowest BCUT2D eigenvalue weighted by Crippen LogP contribution is -2.36. The van der Waals surface area contributed by atoms with Crippen LogP contribution in [-0.2, 0) is 9.47 Å². The first kappa shape index (κ1) is 18.3. The van der Waals surface area contributed by atoms with Crippen LogP contribution in [0.25, 0.3) is 0 Å². The van der Waals surface area contributed by atoms with Crippen LogP contribution in [0.2, 0.25) is 0 Å². The second-order valence-corrected chi connectivity index (χ2v) is 8.98. The zero-order valence-electron chi connectivity index (χ0n) is 16.1. The molecular weight excluding hydrogens is 288 g/mol. The maximum absolute atomic E-state index is 6.17. The van der Waals surface area contributed by atoms with Gasteiger partial charge in [-0.3, -0.25) is 0 Å². The summed E-state index contributed by atoms with van der Waals surface area (Å²) in [6, 6.07) is 0.486. The molecule has 2 aliphatic heterocycles. The van der Waals surface area contributed by atoms with Crippen molar-refractivity contribution >= 4 is 11.8 Å². The van der Waals surface area contributed by atoms with E-state index in [4.69, 9.17) is 19.5 Å². The fourth-order valence-electron chi connectivity index (χ4n) is 3.44. The number of rotatable bonds is 4. The van der Waals surface area contributed by atoms with E-state index in [0.717, 1.165) is 24.6 Å². The summed E-state index contributed by atoms with van der Waals surface area (Å²) in [5, 5.41) is 0. The molecule has 4 nitrogen and oxygen atoms in total. The number of nitrogens with zero attached hydrogens (tertiary/aromatic N) is 2. The van der Waals surface area contributed by atoms with E-state index in [1.54, 1.807) is 0 Å². The molecule has 0 fully saturated rings. The Bertz CT molecular complexity index is 439. The van der Waals surface area contributed by atoms with Crippen molar-refractivity contribution in [1.82, 2.24) is 0 Å². The summed E-state index contributed by atoms with van der Waals surface area (Å²) in [5.74, 6) is 1.58. The lowest BCUT2D eigenvalue weighted by Gasteiger charge is -2.30. The lowest BCUT2D eigenvalue weighted by atomic mass is 9.84. The monoisotopic (exact) mass is 322 g/mol. The van der Waals surface area contributed by atoms with E-state index in [1.807, 2.05) is 0 Å². The molecule has 0 spiro atoms.